The molecule has 0 fully saturated rings. The molecule has 5 nitrogen and oxygen atoms in total. The number of nitrogens with zero attached hydrogens (tertiary/aromatic N) is 1. The van der Waals surface area contributed by atoms with E-state index < -0.39 is 18.0 Å². The number of benzene rings is 3. The highest BCUT2D eigenvalue weighted by Gasteiger charge is 2.36. The number of hydrogen-bond donors (Lipinski definition) is 1. The Morgan fingerprint density at radius 1 is 1.13 bits per heavy atom. The van der Waals surface area contributed by atoms with E-state index in [1.54, 1.807) is 49.4 Å². The lowest BCUT2D eigenvalue weighted by atomic mass is 9.95. The molecule has 158 valence electrons. The van der Waals surface area contributed by atoms with Crippen LogP contribution in [0.1, 0.15) is 24.1 Å². The van der Waals surface area contributed by atoms with Crippen molar-refractivity contribution in [2.75, 3.05) is 11.9 Å². The number of rotatable bonds is 4. The van der Waals surface area contributed by atoms with Crippen molar-refractivity contribution in [2.45, 2.75) is 19.1 Å². The summed E-state index contributed by atoms with van der Waals surface area (Å²) in [6, 6.07) is 19.3. The summed E-state index contributed by atoms with van der Waals surface area (Å²) < 4.78 is 19.4. The van der Waals surface area contributed by atoms with Gasteiger partial charge in [-0.25, -0.2) is 4.39 Å². The number of amides is 2. The molecule has 0 aliphatic carbocycles. The molecule has 31 heavy (non-hydrogen) atoms. The maximum absolute atomic E-state index is 13.6. The molecule has 0 saturated heterocycles. The molecule has 7 heteroatoms. The van der Waals surface area contributed by atoms with Crippen LogP contribution in [-0.2, 0) is 9.59 Å². The van der Waals surface area contributed by atoms with E-state index in [-0.39, 0.29) is 18.4 Å². The first kappa shape index (κ1) is 20.9. The van der Waals surface area contributed by atoms with Gasteiger partial charge in [-0.2, -0.15) is 0 Å². The van der Waals surface area contributed by atoms with E-state index >= 15 is 0 Å². The predicted octanol–water partition coefficient (Wildman–Crippen LogP) is 4.82. The van der Waals surface area contributed by atoms with Crippen molar-refractivity contribution in [2.24, 2.45) is 0 Å². The molecule has 0 spiro atoms. The van der Waals surface area contributed by atoms with Crippen LogP contribution in [0.15, 0.2) is 72.8 Å². The zero-order chi connectivity index (χ0) is 22.0. The molecular weight excluding hydrogens is 419 g/mol. The predicted molar refractivity (Wildman–Crippen MR) is 117 cm³/mol. The Labute approximate surface area is 184 Å². The summed E-state index contributed by atoms with van der Waals surface area (Å²) in [6.45, 7) is 1.45. The van der Waals surface area contributed by atoms with Crippen molar-refractivity contribution >= 4 is 29.1 Å². The van der Waals surface area contributed by atoms with Gasteiger partial charge in [0.25, 0.3) is 5.91 Å². The number of carbonyl (C=O) groups is 2. The van der Waals surface area contributed by atoms with Gasteiger partial charge in [0.2, 0.25) is 5.91 Å². The smallest absolute Gasteiger partial charge is 0.264 e. The molecule has 1 aliphatic heterocycles. The lowest BCUT2D eigenvalue weighted by Crippen LogP contribution is -2.45. The first-order chi connectivity index (χ1) is 14.9. The third kappa shape index (κ3) is 4.54. The molecule has 2 amide bonds. The van der Waals surface area contributed by atoms with Gasteiger partial charge in [0, 0.05) is 16.3 Å². The highest BCUT2D eigenvalue weighted by Crippen LogP contribution is 2.37. The number of ether oxygens (including phenoxy) is 1. The molecule has 1 aliphatic rings. The summed E-state index contributed by atoms with van der Waals surface area (Å²) in [5.41, 5.74) is 1.85. The molecule has 3 aromatic carbocycles. The Hall–Kier alpha value is -3.38. The summed E-state index contributed by atoms with van der Waals surface area (Å²) in [5, 5.41) is 3.29. The van der Waals surface area contributed by atoms with E-state index in [1.165, 1.54) is 17.0 Å². The number of halogens is 2. The van der Waals surface area contributed by atoms with E-state index in [1.807, 2.05) is 18.2 Å². The third-order valence-corrected chi connectivity index (χ3v) is 5.32. The molecule has 2 atom stereocenters. The molecule has 0 bridgehead atoms. The van der Waals surface area contributed by atoms with E-state index in [0.717, 1.165) is 0 Å². The summed E-state index contributed by atoms with van der Waals surface area (Å²) in [7, 11) is 0. The average Bonchev–Trinajstić information content (AvgIpc) is 2.90. The van der Waals surface area contributed by atoms with Crippen molar-refractivity contribution in [1.29, 1.82) is 0 Å². The van der Waals surface area contributed by atoms with Crippen LogP contribution in [0.4, 0.5) is 10.1 Å². The van der Waals surface area contributed by atoms with Crippen LogP contribution < -0.4 is 10.1 Å². The van der Waals surface area contributed by atoms with Gasteiger partial charge >= 0.3 is 0 Å². The van der Waals surface area contributed by atoms with Crippen molar-refractivity contribution in [3.05, 3.63) is 94.8 Å². The minimum Gasteiger partial charge on any atom is -0.481 e. The summed E-state index contributed by atoms with van der Waals surface area (Å²) in [4.78, 5) is 27.5. The lowest BCUT2D eigenvalue weighted by molar-refractivity contribution is -0.142. The SMILES string of the molecule is CC(Oc1ccccc1)C(=O)N1CC(=O)Nc2ccc(Cl)cc2C1c1ccc(F)cc1. The molecular formula is C24H20ClFN2O3. The molecule has 4 rings (SSSR count). The van der Waals surface area contributed by atoms with Crippen molar-refractivity contribution in [3.63, 3.8) is 0 Å². The number of carbonyl (C=O) groups excluding carboxylic acids is 2. The maximum atomic E-state index is 13.6. The van der Waals surface area contributed by atoms with Crippen LogP contribution >= 0.6 is 11.6 Å². The summed E-state index contributed by atoms with van der Waals surface area (Å²) >= 11 is 6.24. The van der Waals surface area contributed by atoms with Gasteiger partial charge < -0.3 is 15.0 Å². The van der Waals surface area contributed by atoms with Crippen LogP contribution in [0.5, 0.6) is 5.75 Å². The monoisotopic (exact) mass is 438 g/mol. The Bertz CT molecular complexity index is 1110. The molecule has 0 aromatic heterocycles. The fourth-order valence-corrected chi connectivity index (χ4v) is 3.85. The second-order valence-corrected chi connectivity index (χ2v) is 7.71. The molecule has 1 heterocycles. The lowest BCUT2D eigenvalue weighted by Gasteiger charge is -2.32. The number of para-hydroxylation sites is 1. The first-order valence-corrected chi connectivity index (χ1v) is 10.2. The van der Waals surface area contributed by atoms with E-state index in [9.17, 15) is 14.0 Å². The topological polar surface area (TPSA) is 58.6 Å². The van der Waals surface area contributed by atoms with Gasteiger partial charge in [0.1, 0.15) is 18.1 Å². The maximum Gasteiger partial charge on any atom is 0.264 e. The number of fused-ring (bicyclic) bond motifs is 1. The number of hydrogen-bond acceptors (Lipinski definition) is 3. The van der Waals surface area contributed by atoms with Gasteiger partial charge in [0.05, 0.1) is 6.04 Å². The molecule has 3 aromatic rings. The zero-order valence-corrected chi connectivity index (χ0v) is 17.5. The Balaban J connectivity index is 1.76. The fraction of sp³-hybridized carbons (Fsp3) is 0.167. The standard InChI is InChI=1S/C24H20ClFN2O3/c1-15(31-19-5-3-2-4-6-19)24(30)28-14-22(29)27-21-12-9-17(25)13-20(21)23(28)16-7-10-18(26)11-8-16/h2-13,15,23H,14H2,1H3,(H,27,29). The average molecular weight is 439 g/mol. The fourth-order valence-electron chi connectivity index (χ4n) is 3.67. The van der Waals surface area contributed by atoms with Crippen LogP contribution in [0.3, 0.4) is 0 Å². The van der Waals surface area contributed by atoms with E-state index in [4.69, 9.17) is 16.3 Å². The normalized spacial score (nSPS) is 16.7. The van der Waals surface area contributed by atoms with Gasteiger partial charge in [-0.3, -0.25) is 9.59 Å². The van der Waals surface area contributed by atoms with Crippen LogP contribution in [-0.4, -0.2) is 29.4 Å². The van der Waals surface area contributed by atoms with Crippen molar-refractivity contribution in [1.82, 2.24) is 4.90 Å². The summed E-state index contributed by atoms with van der Waals surface area (Å²) in [6.07, 6.45) is -0.848. The minimum atomic E-state index is -0.848. The van der Waals surface area contributed by atoms with Crippen molar-refractivity contribution < 1.29 is 18.7 Å². The van der Waals surface area contributed by atoms with E-state index in [0.29, 0.717) is 27.6 Å². The first-order valence-electron chi connectivity index (χ1n) is 9.79. The summed E-state index contributed by atoms with van der Waals surface area (Å²) in [5.74, 6) is -0.560. The third-order valence-electron chi connectivity index (χ3n) is 5.08. The quantitative estimate of drug-likeness (QED) is 0.635. The zero-order valence-electron chi connectivity index (χ0n) is 16.7. The number of anilines is 1. The Morgan fingerprint density at radius 2 is 1.84 bits per heavy atom. The highest BCUT2D eigenvalue weighted by molar-refractivity contribution is 6.30. The van der Waals surface area contributed by atoms with Crippen LogP contribution in [0, 0.1) is 5.82 Å². The molecule has 2 unspecified atom stereocenters. The van der Waals surface area contributed by atoms with Gasteiger partial charge in [-0.15, -0.1) is 0 Å². The van der Waals surface area contributed by atoms with Gasteiger partial charge in [-0.1, -0.05) is 41.9 Å². The van der Waals surface area contributed by atoms with Gasteiger partial charge in [0.15, 0.2) is 6.10 Å². The highest BCUT2D eigenvalue weighted by atomic mass is 35.5. The minimum absolute atomic E-state index is 0.185. The Morgan fingerprint density at radius 3 is 2.55 bits per heavy atom. The molecule has 0 radical (unpaired) electrons. The molecule has 1 N–H and O–H groups in total. The Kier molecular flexibility index (Phi) is 5.91. The largest absolute Gasteiger partial charge is 0.481 e. The van der Waals surface area contributed by atoms with Crippen LogP contribution in [0.25, 0.3) is 0 Å². The van der Waals surface area contributed by atoms with Crippen molar-refractivity contribution in [3.8, 4) is 5.75 Å². The number of nitrogens with one attached hydrogen (secondary N) is 1. The van der Waals surface area contributed by atoms with E-state index in [2.05, 4.69) is 5.32 Å². The van der Waals surface area contributed by atoms with Gasteiger partial charge in [-0.05, 0) is 55.0 Å². The van der Waals surface area contributed by atoms with Crippen LogP contribution in [0.2, 0.25) is 5.02 Å². The second kappa shape index (κ2) is 8.78. The second-order valence-electron chi connectivity index (χ2n) is 7.27. The molecule has 0 saturated carbocycles.